The molecule has 7 heteroatoms. The van der Waals surface area contributed by atoms with E-state index >= 15 is 0 Å². The number of hydrogen-bond donors (Lipinski definition) is 1. The van der Waals surface area contributed by atoms with Crippen LogP contribution < -0.4 is 5.32 Å². The largest absolute Gasteiger partial charge is 0.324 e. The Balaban J connectivity index is 1.66. The molecule has 0 unspecified atom stereocenters. The third kappa shape index (κ3) is 4.49. The van der Waals surface area contributed by atoms with Crippen LogP contribution in [0.5, 0.6) is 0 Å². The maximum absolute atomic E-state index is 13.4. The predicted molar refractivity (Wildman–Crippen MR) is 102 cm³/mol. The van der Waals surface area contributed by atoms with Crippen LogP contribution >= 0.6 is 27.7 Å². The second-order valence-electron chi connectivity index (χ2n) is 5.38. The molecule has 0 aliphatic rings. The number of carbonyl (C=O) groups excluding carboxylic acids is 1. The van der Waals surface area contributed by atoms with E-state index in [1.165, 1.54) is 23.9 Å². The number of anilines is 1. The van der Waals surface area contributed by atoms with Gasteiger partial charge in [0.15, 0.2) is 5.16 Å². The molecule has 0 bridgehead atoms. The van der Waals surface area contributed by atoms with Crippen molar-refractivity contribution in [3.8, 4) is 5.69 Å². The molecule has 0 spiro atoms. The molecule has 0 fully saturated rings. The Morgan fingerprint density at radius 1 is 1.32 bits per heavy atom. The van der Waals surface area contributed by atoms with Gasteiger partial charge < -0.3 is 5.32 Å². The number of aromatic nitrogens is 2. The predicted octanol–water partition coefficient (Wildman–Crippen LogP) is 4.81. The van der Waals surface area contributed by atoms with Gasteiger partial charge in [0.1, 0.15) is 5.82 Å². The van der Waals surface area contributed by atoms with E-state index < -0.39 is 0 Å². The summed E-state index contributed by atoms with van der Waals surface area (Å²) < 4.78 is 16.0. The zero-order valence-electron chi connectivity index (χ0n) is 13.4. The third-order valence-electron chi connectivity index (χ3n) is 3.42. The SMILES string of the molecule is Cc1ccc(NC(=O)CSc2nccn2-c2cccc(F)c2)c(Br)c1. The second-order valence-corrected chi connectivity index (χ2v) is 7.18. The summed E-state index contributed by atoms with van der Waals surface area (Å²) in [5, 5.41) is 3.49. The highest BCUT2D eigenvalue weighted by molar-refractivity contribution is 9.10. The topological polar surface area (TPSA) is 46.9 Å². The first-order valence-corrected chi connectivity index (χ1v) is 9.29. The molecule has 3 rings (SSSR count). The molecular formula is C18H15BrFN3OS. The smallest absolute Gasteiger partial charge is 0.234 e. The van der Waals surface area contributed by atoms with Gasteiger partial charge in [0.25, 0.3) is 0 Å². The fourth-order valence-electron chi connectivity index (χ4n) is 2.26. The first-order chi connectivity index (χ1) is 12.0. The molecule has 0 aliphatic heterocycles. The van der Waals surface area contributed by atoms with Gasteiger partial charge in [0.2, 0.25) is 5.91 Å². The van der Waals surface area contributed by atoms with Crippen LogP contribution in [0.3, 0.4) is 0 Å². The van der Waals surface area contributed by atoms with Crippen LogP contribution in [-0.4, -0.2) is 21.2 Å². The summed E-state index contributed by atoms with van der Waals surface area (Å²) in [5.74, 6) is -0.250. The van der Waals surface area contributed by atoms with Crippen molar-refractivity contribution in [2.75, 3.05) is 11.1 Å². The van der Waals surface area contributed by atoms with Crippen molar-refractivity contribution in [2.45, 2.75) is 12.1 Å². The lowest BCUT2D eigenvalue weighted by Crippen LogP contribution is -2.15. The number of thioether (sulfide) groups is 1. The Bertz CT molecular complexity index is 913. The zero-order valence-corrected chi connectivity index (χ0v) is 15.8. The zero-order chi connectivity index (χ0) is 17.8. The van der Waals surface area contributed by atoms with Crippen molar-refractivity contribution in [3.63, 3.8) is 0 Å². The Morgan fingerprint density at radius 2 is 2.16 bits per heavy atom. The molecule has 128 valence electrons. The number of benzene rings is 2. The number of aryl methyl sites for hydroxylation is 1. The van der Waals surface area contributed by atoms with Crippen LogP contribution in [-0.2, 0) is 4.79 Å². The lowest BCUT2D eigenvalue weighted by atomic mass is 10.2. The van der Waals surface area contributed by atoms with Crippen molar-refractivity contribution >= 4 is 39.3 Å². The highest BCUT2D eigenvalue weighted by atomic mass is 79.9. The average Bonchev–Trinajstić information content (AvgIpc) is 3.04. The lowest BCUT2D eigenvalue weighted by molar-refractivity contribution is -0.113. The minimum atomic E-state index is -0.316. The highest BCUT2D eigenvalue weighted by Gasteiger charge is 2.11. The van der Waals surface area contributed by atoms with Gasteiger partial charge in [-0.3, -0.25) is 9.36 Å². The molecule has 1 aromatic heterocycles. The van der Waals surface area contributed by atoms with Crippen LogP contribution in [0.4, 0.5) is 10.1 Å². The number of carbonyl (C=O) groups is 1. The standard InChI is InChI=1S/C18H15BrFN3OS/c1-12-5-6-16(15(19)9-12)22-17(24)11-25-18-21-7-8-23(18)14-4-2-3-13(20)10-14/h2-10H,11H2,1H3,(H,22,24). The lowest BCUT2D eigenvalue weighted by Gasteiger charge is -2.09. The Kier molecular flexibility index (Phi) is 5.55. The molecule has 0 saturated carbocycles. The van der Waals surface area contributed by atoms with Gasteiger partial charge in [-0.05, 0) is 58.7 Å². The first kappa shape index (κ1) is 17.7. The number of rotatable bonds is 5. The molecule has 0 saturated heterocycles. The van der Waals surface area contributed by atoms with Gasteiger partial charge in [-0.2, -0.15) is 0 Å². The summed E-state index contributed by atoms with van der Waals surface area (Å²) in [6, 6.07) is 12.0. The molecular weight excluding hydrogens is 405 g/mol. The molecule has 3 aromatic rings. The van der Waals surface area contributed by atoms with E-state index in [-0.39, 0.29) is 17.5 Å². The summed E-state index contributed by atoms with van der Waals surface area (Å²) >= 11 is 4.73. The minimum absolute atomic E-state index is 0.136. The van der Waals surface area contributed by atoms with Crippen LogP contribution in [0.1, 0.15) is 5.56 Å². The first-order valence-electron chi connectivity index (χ1n) is 7.51. The van der Waals surface area contributed by atoms with Gasteiger partial charge in [-0.25, -0.2) is 9.37 Å². The average molecular weight is 420 g/mol. The van der Waals surface area contributed by atoms with E-state index in [4.69, 9.17) is 0 Å². The number of amides is 1. The Morgan fingerprint density at radius 3 is 2.92 bits per heavy atom. The summed E-state index contributed by atoms with van der Waals surface area (Å²) in [6.07, 6.45) is 3.37. The molecule has 2 aromatic carbocycles. The maximum Gasteiger partial charge on any atom is 0.234 e. The van der Waals surface area contributed by atoms with Crippen molar-refractivity contribution in [2.24, 2.45) is 0 Å². The van der Waals surface area contributed by atoms with Gasteiger partial charge in [0, 0.05) is 16.9 Å². The van der Waals surface area contributed by atoms with Gasteiger partial charge in [-0.1, -0.05) is 23.9 Å². The fourth-order valence-corrected chi connectivity index (χ4v) is 3.62. The maximum atomic E-state index is 13.4. The number of nitrogens with one attached hydrogen (secondary N) is 1. The number of imidazole rings is 1. The number of nitrogens with zero attached hydrogens (tertiary/aromatic N) is 2. The summed E-state index contributed by atoms with van der Waals surface area (Å²) in [7, 11) is 0. The Labute approximate surface area is 157 Å². The Hall–Kier alpha value is -2.12. The van der Waals surface area contributed by atoms with Crippen molar-refractivity contribution < 1.29 is 9.18 Å². The van der Waals surface area contributed by atoms with Gasteiger partial charge in [0.05, 0.1) is 17.1 Å². The van der Waals surface area contributed by atoms with Crippen LogP contribution in [0.15, 0.2) is 64.5 Å². The number of hydrogen-bond acceptors (Lipinski definition) is 3. The molecule has 4 nitrogen and oxygen atoms in total. The summed E-state index contributed by atoms with van der Waals surface area (Å²) in [6.45, 7) is 1.98. The van der Waals surface area contributed by atoms with E-state index in [1.807, 2.05) is 25.1 Å². The van der Waals surface area contributed by atoms with Gasteiger partial charge in [-0.15, -0.1) is 0 Å². The molecule has 25 heavy (non-hydrogen) atoms. The van der Waals surface area contributed by atoms with Crippen LogP contribution in [0.2, 0.25) is 0 Å². The normalized spacial score (nSPS) is 10.7. The minimum Gasteiger partial charge on any atom is -0.324 e. The molecule has 0 radical (unpaired) electrons. The third-order valence-corrected chi connectivity index (χ3v) is 5.05. The second kappa shape index (κ2) is 7.84. The van der Waals surface area contributed by atoms with Crippen LogP contribution in [0, 0.1) is 12.7 Å². The highest BCUT2D eigenvalue weighted by Crippen LogP contribution is 2.25. The van der Waals surface area contributed by atoms with E-state index in [1.54, 1.807) is 29.1 Å². The van der Waals surface area contributed by atoms with E-state index in [0.717, 1.165) is 15.7 Å². The van der Waals surface area contributed by atoms with Crippen molar-refractivity contribution in [1.82, 2.24) is 9.55 Å². The molecule has 0 atom stereocenters. The van der Waals surface area contributed by atoms with Crippen molar-refractivity contribution in [1.29, 1.82) is 0 Å². The van der Waals surface area contributed by atoms with E-state index in [0.29, 0.717) is 10.8 Å². The summed E-state index contributed by atoms with van der Waals surface area (Å²) in [5.41, 5.74) is 2.50. The molecule has 1 N–H and O–H groups in total. The molecule has 0 aliphatic carbocycles. The van der Waals surface area contributed by atoms with Crippen molar-refractivity contribution in [3.05, 3.63) is 70.7 Å². The number of halogens is 2. The monoisotopic (exact) mass is 419 g/mol. The van der Waals surface area contributed by atoms with E-state index in [9.17, 15) is 9.18 Å². The van der Waals surface area contributed by atoms with Crippen LogP contribution in [0.25, 0.3) is 5.69 Å². The quantitative estimate of drug-likeness (QED) is 0.603. The summed E-state index contributed by atoms with van der Waals surface area (Å²) in [4.78, 5) is 16.4. The molecule has 1 heterocycles. The van der Waals surface area contributed by atoms with E-state index in [2.05, 4.69) is 26.2 Å². The fraction of sp³-hybridized carbons (Fsp3) is 0.111. The van der Waals surface area contributed by atoms with Gasteiger partial charge >= 0.3 is 0 Å². The molecule has 1 amide bonds.